The number of hydrogen-bond acceptors (Lipinski definition) is 2. The fraction of sp³-hybridized carbons (Fsp3) is 0.889. The summed E-state index contributed by atoms with van der Waals surface area (Å²) < 4.78 is 35.5. The Morgan fingerprint density at radius 3 is 2.67 bits per heavy atom. The smallest absolute Gasteiger partial charge is 0.354 e. The minimum absolute atomic E-state index is 0.249. The maximum absolute atomic E-state index is 11.8. The van der Waals surface area contributed by atoms with Crippen molar-refractivity contribution in [3.05, 3.63) is 0 Å². The molecule has 0 aromatic carbocycles. The zero-order valence-electron chi connectivity index (χ0n) is 8.58. The lowest BCUT2D eigenvalue weighted by Gasteiger charge is -2.24. The standard InChI is InChI=1S/C9H15F3N2O/c1-8(3-2-4-14-8)6-13-7(15)5-9(10,11)12/h14H,2-6H2,1H3,(H,13,15). The molecule has 1 fully saturated rings. The summed E-state index contributed by atoms with van der Waals surface area (Å²) in [5.74, 6) is -0.961. The minimum atomic E-state index is -4.42. The summed E-state index contributed by atoms with van der Waals surface area (Å²) in [5.41, 5.74) is -0.249. The van der Waals surface area contributed by atoms with Crippen LogP contribution in [-0.2, 0) is 4.79 Å². The van der Waals surface area contributed by atoms with Crippen molar-refractivity contribution < 1.29 is 18.0 Å². The lowest BCUT2D eigenvalue weighted by atomic mass is 10.0. The molecule has 0 radical (unpaired) electrons. The Labute approximate surface area is 86.4 Å². The first-order valence-electron chi connectivity index (χ1n) is 4.89. The van der Waals surface area contributed by atoms with Crippen LogP contribution in [0.5, 0.6) is 0 Å². The van der Waals surface area contributed by atoms with Crippen LogP contribution in [-0.4, -0.2) is 30.7 Å². The van der Waals surface area contributed by atoms with Crippen LogP contribution in [0.1, 0.15) is 26.2 Å². The minimum Gasteiger partial charge on any atom is -0.354 e. The third-order valence-corrected chi connectivity index (χ3v) is 2.49. The van der Waals surface area contributed by atoms with Crippen molar-refractivity contribution in [1.82, 2.24) is 10.6 Å². The summed E-state index contributed by atoms with van der Waals surface area (Å²) in [7, 11) is 0. The van der Waals surface area contributed by atoms with E-state index in [4.69, 9.17) is 0 Å². The van der Waals surface area contributed by atoms with Crippen LogP contribution >= 0.6 is 0 Å². The first kappa shape index (κ1) is 12.3. The molecule has 6 heteroatoms. The molecular weight excluding hydrogens is 209 g/mol. The fourth-order valence-corrected chi connectivity index (χ4v) is 1.65. The highest BCUT2D eigenvalue weighted by Gasteiger charge is 2.33. The lowest BCUT2D eigenvalue weighted by molar-refractivity contribution is -0.153. The third-order valence-electron chi connectivity index (χ3n) is 2.49. The maximum atomic E-state index is 11.8. The zero-order chi connectivity index (χ0) is 11.5. The van der Waals surface area contributed by atoms with Gasteiger partial charge in [-0.1, -0.05) is 0 Å². The van der Waals surface area contributed by atoms with E-state index in [1.807, 2.05) is 6.92 Å². The molecule has 1 heterocycles. The lowest BCUT2D eigenvalue weighted by Crippen LogP contribution is -2.47. The number of hydrogen-bond donors (Lipinski definition) is 2. The maximum Gasteiger partial charge on any atom is 0.397 e. The second-order valence-corrected chi connectivity index (χ2v) is 4.16. The Hall–Kier alpha value is -0.780. The van der Waals surface area contributed by atoms with Gasteiger partial charge in [-0.2, -0.15) is 13.2 Å². The molecule has 1 unspecified atom stereocenters. The molecule has 88 valence electrons. The number of halogens is 3. The van der Waals surface area contributed by atoms with Gasteiger partial charge in [-0.05, 0) is 26.3 Å². The van der Waals surface area contributed by atoms with Gasteiger partial charge in [0, 0.05) is 12.1 Å². The Bertz CT molecular complexity index is 234. The second-order valence-electron chi connectivity index (χ2n) is 4.16. The molecule has 0 spiro atoms. The molecule has 1 atom stereocenters. The molecule has 15 heavy (non-hydrogen) atoms. The summed E-state index contributed by atoms with van der Waals surface area (Å²) in [6, 6.07) is 0. The van der Waals surface area contributed by atoms with Crippen LogP contribution in [0.2, 0.25) is 0 Å². The van der Waals surface area contributed by atoms with E-state index in [2.05, 4.69) is 10.6 Å². The molecule has 1 aliphatic rings. The van der Waals surface area contributed by atoms with Crippen LogP contribution in [0, 0.1) is 0 Å². The summed E-state index contributed by atoms with van der Waals surface area (Å²) >= 11 is 0. The van der Waals surface area contributed by atoms with Gasteiger partial charge in [-0.3, -0.25) is 4.79 Å². The van der Waals surface area contributed by atoms with E-state index in [0.717, 1.165) is 19.4 Å². The second kappa shape index (κ2) is 4.38. The molecule has 0 bridgehead atoms. The van der Waals surface area contributed by atoms with Crippen LogP contribution in [0.15, 0.2) is 0 Å². The van der Waals surface area contributed by atoms with Crippen molar-refractivity contribution in [2.45, 2.75) is 37.9 Å². The highest BCUT2D eigenvalue weighted by Crippen LogP contribution is 2.20. The molecule has 1 amide bonds. The fourth-order valence-electron chi connectivity index (χ4n) is 1.65. The SMILES string of the molecule is CC1(CNC(=O)CC(F)(F)F)CCCN1. The average Bonchev–Trinajstić information content (AvgIpc) is 2.47. The van der Waals surface area contributed by atoms with E-state index in [1.165, 1.54) is 0 Å². The van der Waals surface area contributed by atoms with Gasteiger partial charge in [0.15, 0.2) is 0 Å². The van der Waals surface area contributed by atoms with Gasteiger partial charge in [0.25, 0.3) is 0 Å². The Balaban J connectivity index is 2.28. The molecule has 2 N–H and O–H groups in total. The van der Waals surface area contributed by atoms with Gasteiger partial charge in [0.1, 0.15) is 6.42 Å². The van der Waals surface area contributed by atoms with Gasteiger partial charge in [-0.15, -0.1) is 0 Å². The van der Waals surface area contributed by atoms with E-state index in [9.17, 15) is 18.0 Å². The van der Waals surface area contributed by atoms with Crippen LogP contribution in [0.4, 0.5) is 13.2 Å². The van der Waals surface area contributed by atoms with E-state index < -0.39 is 18.5 Å². The van der Waals surface area contributed by atoms with Crippen molar-refractivity contribution in [3.8, 4) is 0 Å². The molecule has 1 saturated heterocycles. The predicted molar refractivity (Wildman–Crippen MR) is 49.3 cm³/mol. The van der Waals surface area contributed by atoms with Gasteiger partial charge >= 0.3 is 6.18 Å². The first-order valence-corrected chi connectivity index (χ1v) is 4.89. The molecule has 3 nitrogen and oxygen atoms in total. The Morgan fingerprint density at radius 1 is 1.53 bits per heavy atom. The number of rotatable bonds is 3. The molecule has 0 saturated carbocycles. The van der Waals surface area contributed by atoms with Gasteiger partial charge < -0.3 is 10.6 Å². The molecule has 1 rings (SSSR count). The monoisotopic (exact) mass is 224 g/mol. The van der Waals surface area contributed by atoms with Crippen LogP contribution in [0.3, 0.4) is 0 Å². The predicted octanol–water partition coefficient (Wildman–Crippen LogP) is 1.20. The average molecular weight is 224 g/mol. The summed E-state index contributed by atoms with van der Waals surface area (Å²) in [4.78, 5) is 10.9. The van der Waals surface area contributed by atoms with Crippen molar-refractivity contribution in [3.63, 3.8) is 0 Å². The van der Waals surface area contributed by atoms with Crippen molar-refractivity contribution >= 4 is 5.91 Å². The Morgan fingerprint density at radius 2 is 2.20 bits per heavy atom. The summed E-state index contributed by atoms with van der Waals surface area (Å²) in [5, 5.41) is 5.46. The number of carbonyl (C=O) groups excluding carboxylic acids is 1. The number of alkyl halides is 3. The van der Waals surface area contributed by atoms with Crippen molar-refractivity contribution in [2.24, 2.45) is 0 Å². The number of amides is 1. The van der Waals surface area contributed by atoms with E-state index in [1.54, 1.807) is 0 Å². The Kier molecular flexibility index (Phi) is 3.59. The zero-order valence-corrected chi connectivity index (χ0v) is 8.58. The molecular formula is C9H15F3N2O. The number of carbonyl (C=O) groups is 1. The van der Waals surface area contributed by atoms with E-state index in [-0.39, 0.29) is 12.1 Å². The van der Waals surface area contributed by atoms with Crippen molar-refractivity contribution in [1.29, 1.82) is 0 Å². The van der Waals surface area contributed by atoms with Crippen molar-refractivity contribution in [2.75, 3.05) is 13.1 Å². The van der Waals surface area contributed by atoms with E-state index >= 15 is 0 Å². The van der Waals surface area contributed by atoms with Crippen LogP contribution in [0.25, 0.3) is 0 Å². The summed E-state index contributed by atoms with van der Waals surface area (Å²) in [6.45, 7) is 3.00. The highest BCUT2D eigenvalue weighted by molar-refractivity contribution is 5.76. The van der Waals surface area contributed by atoms with Gasteiger partial charge in [0.05, 0.1) is 0 Å². The number of nitrogens with one attached hydrogen (secondary N) is 2. The van der Waals surface area contributed by atoms with E-state index in [0.29, 0.717) is 0 Å². The van der Waals surface area contributed by atoms with Gasteiger partial charge in [-0.25, -0.2) is 0 Å². The largest absolute Gasteiger partial charge is 0.397 e. The normalized spacial score (nSPS) is 26.7. The first-order chi connectivity index (χ1) is 6.81. The van der Waals surface area contributed by atoms with Gasteiger partial charge in [0.2, 0.25) is 5.91 Å². The topological polar surface area (TPSA) is 41.1 Å². The quantitative estimate of drug-likeness (QED) is 0.756. The summed E-state index contributed by atoms with van der Waals surface area (Å²) in [6.07, 6.45) is -3.96. The molecule has 0 aromatic rings. The van der Waals surface area contributed by atoms with Crippen LogP contribution < -0.4 is 10.6 Å². The molecule has 0 aromatic heterocycles. The third kappa shape index (κ3) is 4.51. The highest BCUT2D eigenvalue weighted by atomic mass is 19.4. The molecule has 0 aliphatic carbocycles. The molecule has 1 aliphatic heterocycles.